The van der Waals surface area contributed by atoms with Gasteiger partial charge in [-0.3, -0.25) is 9.97 Å². The number of hydrogen-bond acceptors (Lipinski definition) is 4. The van der Waals surface area contributed by atoms with Gasteiger partial charge in [0.15, 0.2) is 0 Å². The van der Waals surface area contributed by atoms with Gasteiger partial charge in [-0.1, -0.05) is 261 Å². The molecule has 0 amide bonds. The van der Waals surface area contributed by atoms with Gasteiger partial charge in [0.25, 0.3) is 0 Å². The van der Waals surface area contributed by atoms with Gasteiger partial charge in [-0.15, -0.1) is 0 Å². The van der Waals surface area contributed by atoms with Crippen LogP contribution < -0.4 is 0 Å². The van der Waals surface area contributed by atoms with Crippen LogP contribution in [0.5, 0.6) is 0 Å². The average molecular weight is 1220 g/mol. The highest BCUT2D eigenvalue weighted by Crippen LogP contribution is 2.44. The zero-order valence-electron chi connectivity index (χ0n) is 52.3. The van der Waals surface area contributed by atoms with Crippen molar-refractivity contribution in [1.29, 1.82) is 0 Å². The third-order valence-corrected chi connectivity index (χ3v) is 19.2. The molecule has 19 aromatic rings. The van der Waals surface area contributed by atoms with E-state index in [1.165, 1.54) is 115 Å². The van der Waals surface area contributed by atoms with Gasteiger partial charge < -0.3 is 0 Å². The summed E-state index contributed by atoms with van der Waals surface area (Å²) in [5.74, 6) is 0. The Labute approximate surface area is 555 Å². The first kappa shape index (κ1) is 56.0. The van der Waals surface area contributed by atoms with Crippen LogP contribution in [-0.4, -0.2) is 19.9 Å². The summed E-state index contributed by atoms with van der Waals surface area (Å²) >= 11 is 0. The van der Waals surface area contributed by atoms with Crippen LogP contribution in [0.15, 0.2) is 352 Å². The van der Waals surface area contributed by atoms with E-state index in [1.807, 2.05) is 24.7 Å². The molecule has 96 heavy (non-hydrogen) atoms. The molecule has 0 saturated heterocycles. The number of pyridine rings is 4. The lowest BCUT2D eigenvalue weighted by atomic mass is 9.90. The molecule has 0 N–H and O–H groups in total. The lowest BCUT2D eigenvalue weighted by molar-refractivity contribution is 1.33. The number of fused-ring (bicyclic) bond motifs is 11. The molecule has 0 atom stereocenters. The van der Waals surface area contributed by atoms with E-state index in [-0.39, 0.29) is 0 Å². The van der Waals surface area contributed by atoms with Crippen LogP contribution in [0, 0.1) is 0 Å². The predicted molar refractivity (Wildman–Crippen MR) is 405 cm³/mol. The van der Waals surface area contributed by atoms with Crippen molar-refractivity contribution in [1.82, 2.24) is 19.9 Å². The predicted octanol–water partition coefficient (Wildman–Crippen LogP) is 24.7. The molecule has 0 radical (unpaired) electrons. The van der Waals surface area contributed by atoms with Crippen molar-refractivity contribution < 1.29 is 0 Å². The normalized spacial score (nSPS) is 11.5. The Morgan fingerprint density at radius 1 is 0.177 bits per heavy atom. The van der Waals surface area contributed by atoms with Gasteiger partial charge in [0, 0.05) is 56.6 Å². The summed E-state index contributed by atoms with van der Waals surface area (Å²) in [6, 6.07) is 120. The topological polar surface area (TPSA) is 51.6 Å². The molecule has 4 nitrogen and oxygen atoms in total. The number of aromatic nitrogens is 4. The Kier molecular flexibility index (Phi) is 13.8. The van der Waals surface area contributed by atoms with E-state index >= 15 is 0 Å². The highest BCUT2D eigenvalue weighted by molar-refractivity contribution is 6.18. The Bertz CT molecular complexity index is 6250. The number of hydrogen-bond donors (Lipinski definition) is 0. The monoisotopic (exact) mass is 1220 g/mol. The number of para-hydroxylation sites is 1. The summed E-state index contributed by atoms with van der Waals surface area (Å²) < 4.78 is 0. The molecule has 0 spiro atoms. The standard InChI is InChI=1S/C48H30N2.C44H28N2/c1-3-11-35-27-37(23-17-31(35)9-1)44-30-47(38-24-18-32-10-2-4-12-36(32)28-38)50-48-42-15-6-5-13-40(42)43(29-45(44)48)34-21-19-33(20-22-34)39-25-26-49-46-16-8-7-14-41(39)46;1-3-9-34-25-36(19-15-29(34)7-1)41-28-43(37-20-16-30-8-2-4-10-35(30)26-37)46-44-39-12-6-5-11-38(39)40(27-42(41)44)33-17-13-31(14-18-33)32-21-23-45-24-22-32/h1-30H;1-28H. The fraction of sp³-hybridized carbons (Fsp3) is 0. The molecule has 0 aliphatic heterocycles. The Balaban J connectivity index is 0.000000141. The van der Waals surface area contributed by atoms with Gasteiger partial charge in [-0.2, -0.15) is 0 Å². The van der Waals surface area contributed by atoms with Crippen LogP contribution in [0.25, 0.3) is 187 Å². The largest absolute Gasteiger partial charge is 0.265 e. The van der Waals surface area contributed by atoms with Gasteiger partial charge >= 0.3 is 0 Å². The van der Waals surface area contributed by atoms with Crippen LogP contribution in [0.3, 0.4) is 0 Å². The second kappa shape index (κ2) is 23.7. The molecule has 0 aliphatic rings. The minimum Gasteiger partial charge on any atom is -0.265 e. The third-order valence-electron chi connectivity index (χ3n) is 19.2. The van der Waals surface area contributed by atoms with Crippen LogP contribution in [0.2, 0.25) is 0 Å². The lowest BCUT2D eigenvalue weighted by Crippen LogP contribution is -1.94. The molecule has 0 bridgehead atoms. The van der Waals surface area contributed by atoms with Crippen LogP contribution in [0.1, 0.15) is 0 Å². The third kappa shape index (κ3) is 10.2. The minimum absolute atomic E-state index is 0.971. The lowest BCUT2D eigenvalue weighted by Gasteiger charge is -2.16. The van der Waals surface area contributed by atoms with Gasteiger partial charge in [0.05, 0.1) is 27.9 Å². The molecule has 19 rings (SSSR count). The maximum Gasteiger partial charge on any atom is 0.0794 e. The quantitative estimate of drug-likeness (QED) is 0.142. The molecule has 15 aromatic carbocycles. The van der Waals surface area contributed by atoms with E-state index in [1.54, 1.807) is 0 Å². The van der Waals surface area contributed by atoms with E-state index in [2.05, 4.69) is 338 Å². The van der Waals surface area contributed by atoms with E-state index in [4.69, 9.17) is 9.97 Å². The zero-order chi connectivity index (χ0) is 63.5. The van der Waals surface area contributed by atoms with Crippen molar-refractivity contribution >= 4 is 97.3 Å². The smallest absolute Gasteiger partial charge is 0.0794 e. The molecule has 446 valence electrons. The molecule has 0 unspecified atom stereocenters. The van der Waals surface area contributed by atoms with Gasteiger partial charge in [-0.25, -0.2) is 9.97 Å². The van der Waals surface area contributed by atoms with Gasteiger partial charge in [0.1, 0.15) is 0 Å². The first-order chi connectivity index (χ1) is 47.5. The van der Waals surface area contributed by atoms with Crippen molar-refractivity contribution in [2.75, 3.05) is 0 Å². The Morgan fingerprint density at radius 3 is 0.948 bits per heavy atom. The maximum absolute atomic E-state index is 5.44. The summed E-state index contributed by atoms with van der Waals surface area (Å²) in [5.41, 5.74) is 21.4. The zero-order valence-corrected chi connectivity index (χ0v) is 52.3. The number of nitrogens with zero attached hydrogens (tertiary/aromatic N) is 4. The average Bonchev–Trinajstić information content (AvgIpc) is 0.746. The summed E-state index contributed by atoms with van der Waals surface area (Å²) in [7, 11) is 0. The number of rotatable bonds is 8. The second-order valence-corrected chi connectivity index (χ2v) is 24.9. The molecular formula is C92H58N4. The van der Waals surface area contributed by atoms with E-state index in [0.717, 1.165) is 71.6 Å². The number of benzene rings is 15. The fourth-order valence-corrected chi connectivity index (χ4v) is 14.3. The Morgan fingerprint density at radius 2 is 0.500 bits per heavy atom. The molecule has 0 aliphatic carbocycles. The first-order valence-electron chi connectivity index (χ1n) is 32.7. The summed E-state index contributed by atoms with van der Waals surface area (Å²) in [6.07, 6.45) is 5.58. The van der Waals surface area contributed by atoms with Crippen molar-refractivity contribution in [2.24, 2.45) is 0 Å². The summed E-state index contributed by atoms with van der Waals surface area (Å²) in [6.45, 7) is 0. The molecular weight excluding hydrogens is 1160 g/mol. The van der Waals surface area contributed by atoms with Crippen LogP contribution in [-0.2, 0) is 0 Å². The molecule has 4 heterocycles. The first-order valence-corrected chi connectivity index (χ1v) is 32.7. The van der Waals surface area contributed by atoms with E-state index < -0.39 is 0 Å². The highest BCUT2D eigenvalue weighted by Gasteiger charge is 2.20. The maximum atomic E-state index is 5.44. The van der Waals surface area contributed by atoms with Crippen LogP contribution in [0.4, 0.5) is 0 Å². The van der Waals surface area contributed by atoms with Gasteiger partial charge in [-0.05, 0) is 193 Å². The highest BCUT2D eigenvalue weighted by atomic mass is 14.7. The van der Waals surface area contributed by atoms with Crippen molar-refractivity contribution in [2.45, 2.75) is 0 Å². The molecule has 0 fully saturated rings. The van der Waals surface area contributed by atoms with Crippen LogP contribution >= 0.6 is 0 Å². The van der Waals surface area contributed by atoms with Crippen molar-refractivity contribution in [3.63, 3.8) is 0 Å². The SMILES string of the molecule is c1ccc2cc(-c3cc(-c4ccc5ccccc5c4)c4cc(-c5ccc(-c6ccnc7ccccc67)cc5)c5ccccc5c4n3)ccc2c1.c1ccc2cc(-c3cc(-c4ccc5ccccc5c4)c4cc(-c5ccc(-c6ccncc6)cc5)c5ccccc5c4n3)ccc2c1. The van der Waals surface area contributed by atoms with E-state index in [0.29, 0.717) is 0 Å². The molecule has 4 heteroatoms. The van der Waals surface area contributed by atoms with Crippen molar-refractivity contribution in [3.05, 3.63) is 352 Å². The van der Waals surface area contributed by atoms with Crippen molar-refractivity contribution in [3.8, 4) is 89.3 Å². The minimum atomic E-state index is 0.971. The van der Waals surface area contributed by atoms with E-state index in [9.17, 15) is 0 Å². The van der Waals surface area contributed by atoms with Gasteiger partial charge in [0.2, 0.25) is 0 Å². The second-order valence-electron chi connectivity index (χ2n) is 24.9. The summed E-state index contributed by atoms with van der Waals surface area (Å²) in [5, 5.41) is 17.9. The Hall–Kier alpha value is -12.8. The molecule has 4 aromatic heterocycles. The summed E-state index contributed by atoms with van der Waals surface area (Å²) in [4.78, 5) is 19.6. The molecule has 0 saturated carbocycles. The fourth-order valence-electron chi connectivity index (χ4n) is 14.3.